The van der Waals surface area contributed by atoms with Crippen LogP contribution in [0.4, 0.5) is 0 Å². The van der Waals surface area contributed by atoms with Gasteiger partial charge in [0.15, 0.2) is 0 Å². The highest BCUT2D eigenvalue weighted by Crippen LogP contribution is 2.73. The van der Waals surface area contributed by atoms with Crippen LogP contribution in [-0.2, 0) is 0 Å². The van der Waals surface area contributed by atoms with Crippen LogP contribution in [0.5, 0.6) is 0 Å². The molecule has 0 heterocycles. The van der Waals surface area contributed by atoms with Gasteiger partial charge in [0, 0.05) is 5.41 Å². The molecular formula is C20H32O2. The largest absolute Gasteiger partial charge is 0.393 e. The zero-order chi connectivity index (χ0) is 16.2. The Kier molecular flexibility index (Phi) is 4.06. The molecule has 22 heavy (non-hydrogen) atoms. The first-order valence-corrected chi connectivity index (χ1v) is 8.95. The Morgan fingerprint density at radius 2 is 2.05 bits per heavy atom. The molecule has 0 aliphatic heterocycles. The topological polar surface area (TPSA) is 40.5 Å². The Balaban J connectivity index is 1.75. The monoisotopic (exact) mass is 304 g/mol. The number of aliphatic hydroxyl groups excluding tert-OH is 2. The average Bonchev–Trinajstić information content (AvgIpc) is 2.83. The molecule has 0 saturated heterocycles. The minimum absolute atomic E-state index is 0.102. The maximum atomic E-state index is 10.7. The van der Waals surface area contributed by atoms with Crippen molar-refractivity contribution in [2.24, 2.45) is 35.0 Å². The number of fused-ring (bicyclic) bond motifs is 4. The lowest BCUT2D eigenvalue weighted by molar-refractivity contribution is -0.143. The van der Waals surface area contributed by atoms with Crippen molar-refractivity contribution in [1.82, 2.24) is 0 Å². The van der Waals surface area contributed by atoms with Gasteiger partial charge in [-0.25, -0.2) is 0 Å². The normalized spacial score (nSPS) is 47.4. The molecule has 2 heteroatoms. The molecule has 8 atom stereocenters. The molecule has 3 saturated carbocycles. The molecule has 0 aromatic rings. The van der Waals surface area contributed by atoms with Crippen LogP contribution >= 0.6 is 0 Å². The van der Waals surface area contributed by atoms with Gasteiger partial charge >= 0.3 is 0 Å². The van der Waals surface area contributed by atoms with Gasteiger partial charge in [0.05, 0.1) is 12.2 Å². The van der Waals surface area contributed by atoms with Gasteiger partial charge in [-0.2, -0.15) is 0 Å². The molecule has 3 rings (SSSR count). The maximum absolute atomic E-state index is 10.7. The second-order valence-corrected chi connectivity index (χ2v) is 8.66. The zero-order valence-corrected chi connectivity index (χ0v) is 14.5. The fourth-order valence-electron chi connectivity index (χ4n) is 6.19. The highest BCUT2D eigenvalue weighted by molar-refractivity contribution is 5.24. The van der Waals surface area contributed by atoms with Gasteiger partial charge in [-0.05, 0) is 62.7 Å². The zero-order valence-electron chi connectivity index (χ0n) is 14.5. The standard InChI is InChI=1S/C20H32O2/c1-11(2)8-14(21)9-13(4)15-10-17(22)20(5)16-7-6-12(3)18(16)19(15)20/h8,12,14-19,21-22H,4,6-7,9-10H2,1-3,5H3/t12-,14?,15+,16+,17-,18-,19+,20+/m1/s1. The summed E-state index contributed by atoms with van der Waals surface area (Å²) in [6.07, 6.45) is 5.38. The Labute approximate surface area is 135 Å². The van der Waals surface area contributed by atoms with Crippen molar-refractivity contribution in [3.63, 3.8) is 0 Å². The lowest BCUT2D eigenvalue weighted by atomic mass is 9.46. The summed E-state index contributed by atoms with van der Waals surface area (Å²) in [7, 11) is 0. The smallest absolute Gasteiger partial charge is 0.0760 e. The molecule has 3 aliphatic rings. The van der Waals surface area contributed by atoms with E-state index in [2.05, 4.69) is 20.4 Å². The van der Waals surface area contributed by atoms with Crippen molar-refractivity contribution in [3.05, 3.63) is 23.8 Å². The van der Waals surface area contributed by atoms with Gasteiger partial charge in [-0.15, -0.1) is 0 Å². The third kappa shape index (κ3) is 2.22. The summed E-state index contributed by atoms with van der Waals surface area (Å²) in [5, 5.41) is 20.9. The van der Waals surface area contributed by atoms with Crippen molar-refractivity contribution >= 4 is 0 Å². The second kappa shape index (κ2) is 5.49. The number of hydrogen-bond donors (Lipinski definition) is 2. The second-order valence-electron chi connectivity index (χ2n) is 8.66. The van der Waals surface area contributed by atoms with E-state index in [1.807, 2.05) is 19.9 Å². The Bertz CT molecular complexity index is 490. The molecule has 0 aromatic heterocycles. The highest BCUT2D eigenvalue weighted by atomic mass is 16.3. The van der Waals surface area contributed by atoms with E-state index in [0.717, 1.165) is 29.4 Å². The molecule has 2 N–H and O–H groups in total. The van der Waals surface area contributed by atoms with Crippen LogP contribution in [0.2, 0.25) is 0 Å². The summed E-state index contributed by atoms with van der Waals surface area (Å²) >= 11 is 0. The van der Waals surface area contributed by atoms with E-state index in [1.54, 1.807) is 0 Å². The first kappa shape index (κ1) is 16.3. The third-order valence-corrected chi connectivity index (χ3v) is 7.14. The van der Waals surface area contributed by atoms with Crippen molar-refractivity contribution < 1.29 is 10.2 Å². The Morgan fingerprint density at radius 1 is 1.36 bits per heavy atom. The number of allylic oxidation sites excluding steroid dienone is 1. The van der Waals surface area contributed by atoms with Crippen molar-refractivity contribution in [3.8, 4) is 0 Å². The average molecular weight is 304 g/mol. The van der Waals surface area contributed by atoms with Crippen molar-refractivity contribution in [1.29, 1.82) is 0 Å². The van der Waals surface area contributed by atoms with Gasteiger partial charge in [-0.1, -0.05) is 44.1 Å². The van der Waals surface area contributed by atoms with Crippen LogP contribution < -0.4 is 0 Å². The summed E-state index contributed by atoms with van der Waals surface area (Å²) in [4.78, 5) is 0. The molecule has 3 fully saturated rings. The van der Waals surface area contributed by atoms with Gasteiger partial charge < -0.3 is 10.2 Å². The number of rotatable bonds is 4. The molecule has 0 radical (unpaired) electrons. The third-order valence-electron chi connectivity index (χ3n) is 7.14. The maximum Gasteiger partial charge on any atom is 0.0760 e. The molecule has 3 aliphatic carbocycles. The summed E-state index contributed by atoms with van der Waals surface area (Å²) in [5.41, 5.74) is 2.39. The minimum atomic E-state index is -0.432. The molecule has 1 unspecified atom stereocenters. The van der Waals surface area contributed by atoms with E-state index in [0.29, 0.717) is 24.2 Å². The van der Waals surface area contributed by atoms with E-state index < -0.39 is 6.10 Å². The van der Waals surface area contributed by atoms with Crippen molar-refractivity contribution in [2.75, 3.05) is 0 Å². The Morgan fingerprint density at radius 3 is 2.68 bits per heavy atom. The van der Waals surface area contributed by atoms with Crippen LogP contribution in [0.15, 0.2) is 23.8 Å². The fourth-order valence-corrected chi connectivity index (χ4v) is 6.19. The molecular weight excluding hydrogens is 272 g/mol. The first-order chi connectivity index (χ1) is 10.3. The van der Waals surface area contributed by atoms with E-state index >= 15 is 0 Å². The van der Waals surface area contributed by atoms with E-state index in [9.17, 15) is 10.2 Å². The quantitative estimate of drug-likeness (QED) is 0.772. The van der Waals surface area contributed by atoms with E-state index in [4.69, 9.17) is 0 Å². The van der Waals surface area contributed by atoms with Crippen LogP contribution in [0, 0.1) is 35.0 Å². The predicted molar refractivity (Wildman–Crippen MR) is 90.3 cm³/mol. The van der Waals surface area contributed by atoms with Gasteiger partial charge in [0.25, 0.3) is 0 Å². The molecule has 0 amide bonds. The summed E-state index contributed by atoms with van der Waals surface area (Å²) < 4.78 is 0. The Hall–Kier alpha value is -0.600. The number of aliphatic hydroxyl groups is 2. The molecule has 0 aromatic carbocycles. The van der Waals surface area contributed by atoms with Crippen LogP contribution in [0.1, 0.15) is 53.4 Å². The first-order valence-electron chi connectivity index (χ1n) is 8.95. The van der Waals surface area contributed by atoms with E-state index in [1.165, 1.54) is 12.8 Å². The van der Waals surface area contributed by atoms with Gasteiger partial charge in [0.1, 0.15) is 0 Å². The molecule has 0 spiro atoms. The number of hydrogen-bond acceptors (Lipinski definition) is 2. The molecule has 124 valence electrons. The lowest BCUT2D eigenvalue weighted by Crippen LogP contribution is -2.57. The molecule has 0 bridgehead atoms. The van der Waals surface area contributed by atoms with Crippen LogP contribution in [-0.4, -0.2) is 22.4 Å². The van der Waals surface area contributed by atoms with E-state index in [-0.39, 0.29) is 11.5 Å². The lowest BCUT2D eigenvalue weighted by Gasteiger charge is -2.58. The summed E-state index contributed by atoms with van der Waals surface area (Å²) in [6, 6.07) is 0. The van der Waals surface area contributed by atoms with Crippen LogP contribution in [0.25, 0.3) is 0 Å². The predicted octanol–water partition coefficient (Wildman–Crippen LogP) is 3.94. The van der Waals surface area contributed by atoms with Crippen LogP contribution in [0.3, 0.4) is 0 Å². The van der Waals surface area contributed by atoms with Crippen molar-refractivity contribution in [2.45, 2.75) is 65.6 Å². The van der Waals surface area contributed by atoms with Gasteiger partial charge in [-0.3, -0.25) is 0 Å². The molecule has 2 nitrogen and oxygen atoms in total. The fraction of sp³-hybridized carbons (Fsp3) is 0.800. The highest BCUT2D eigenvalue weighted by Gasteiger charge is 2.70. The van der Waals surface area contributed by atoms with Gasteiger partial charge in [0.2, 0.25) is 0 Å². The summed E-state index contributed by atoms with van der Waals surface area (Å²) in [6.45, 7) is 13.0. The minimum Gasteiger partial charge on any atom is -0.393 e. The SMILES string of the molecule is C=C(CC(O)C=C(C)C)[C@@H]1C[C@@H](O)[C@@]2(C)[C@@H]1[C@@H]1[C@H](C)CC[C@@H]12. The summed E-state index contributed by atoms with van der Waals surface area (Å²) in [5.74, 6) is 3.23.